The maximum atomic E-state index is 13.1. The Labute approximate surface area is 143 Å². The van der Waals surface area contributed by atoms with Gasteiger partial charge in [-0.2, -0.15) is 0 Å². The maximum Gasteiger partial charge on any atom is 0.254 e. The Morgan fingerprint density at radius 2 is 1.71 bits per heavy atom. The second kappa shape index (κ2) is 6.31. The van der Waals surface area contributed by atoms with Crippen LogP contribution in [0.25, 0.3) is 0 Å². The van der Waals surface area contributed by atoms with E-state index in [2.05, 4.69) is 11.8 Å². The van der Waals surface area contributed by atoms with E-state index in [0.717, 1.165) is 24.2 Å². The van der Waals surface area contributed by atoms with E-state index in [1.54, 1.807) is 0 Å². The molecule has 24 heavy (non-hydrogen) atoms. The molecule has 2 fully saturated rings. The number of rotatable bonds is 6. The predicted octanol–water partition coefficient (Wildman–Crippen LogP) is 4.88. The number of carbonyl (C=O) groups is 1. The second-order valence-corrected chi connectivity index (χ2v) is 6.96. The largest absolute Gasteiger partial charge is 0.457 e. The number of benzene rings is 2. The normalized spacial score (nSPS) is 18.0. The quantitative estimate of drug-likeness (QED) is 0.758. The van der Waals surface area contributed by atoms with Crippen LogP contribution in [0.15, 0.2) is 54.6 Å². The Bertz CT molecular complexity index is 720. The molecular weight excluding hydrogens is 298 g/mol. The predicted molar refractivity (Wildman–Crippen MR) is 94.3 cm³/mol. The van der Waals surface area contributed by atoms with Crippen LogP contribution in [0.5, 0.6) is 11.5 Å². The van der Waals surface area contributed by atoms with Gasteiger partial charge in [-0.05, 0) is 68.9 Å². The van der Waals surface area contributed by atoms with Gasteiger partial charge in [0.2, 0.25) is 0 Å². The molecule has 2 aromatic rings. The van der Waals surface area contributed by atoms with E-state index < -0.39 is 0 Å². The summed E-state index contributed by atoms with van der Waals surface area (Å²) < 4.78 is 5.87. The molecule has 1 amide bonds. The molecule has 4 rings (SSSR count). The van der Waals surface area contributed by atoms with Crippen LogP contribution in [0.3, 0.4) is 0 Å². The lowest BCUT2D eigenvalue weighted by Crippen LogP contribution is -2.41. The smallest absolute Gasteiger partial charge is 0.254 e. The molecule has 2 saturated carbocycles. The number of amides is 1. The summed E-state index contributed by atoms with van der Waals surface area (Å²) in [5.74, 6) is 2.34. The van der Waals surface area contributed by atoms with Crippen LogP contribution in [-0.4, -0.2) is 22.9 Å². The molecule has 1 unspecified atom stereocenters. The third kappa shape index (κ3) is 3.30. The van der Waals surface area contributed by atoms with Gasteiger partial charge in [0, 0.05) is 17.6 Å². The van der Waals surface area contributed by atoms with Crippen molar-refractivity contribution in [1.82, 2.24) is 4.90 Å². The Balaban J connectivity index is 1.54. The summed E-state index contributed by atoms with van der Waals surface area (Å²) in [6, 6.07) is 18.0. The molecule has 124 valence electrons. The van der Waals surface area contributed by atoms with Crippen LogP contribution in [0.2, 0.25) is 0 Å². The first-order chi connectivity index (χ1) is 11.7. The lowest BCUT2D eigenvalue weighted by atomic mass is 10.1. The summed E-state index contributed by atoms with van der Waals surface area (Å²) in [6.07, 6.45) is 4.80. The average molecular weight is 321 g/mol. The molecule has 0 aromatic heterocycles. The molecule has 2 aliphatic rings. The molecule has 0 aliphatic heterocycles. The van der Waals surface area contributed by atoms with Crippen molar-refractivity contribution in [3.05, 3.63) is 60.2 Å². The molecule has 0 heterocycles. The molecule has 2 aliphatic carbocycles. The van der Waals surface area contributed by atoms with E-state index in [0.29, 0.717) is 23.8 Å². The van der Waals surface area contributed by atoms with Crippen LogP contribution in [0.4, 0.5) is 0 Å². The zero-order chi connectivity index (χ0) is 16.5. The van der Waals surface area contributed by atoms with Crippen molar-refractivity contribution in [3.63, 3.8) is 0 Å². The fourth-order valence-electron chi connectivity index (χ4n) is 3.31. The first kappa shape index (κ1) is 15.3. The van der Waals surface area contributed by atoms with E-state index in [1.165, 1.54) is 12.8 Å². The maximum absolute atomic E-state index is 13.1. The highest BCUT2D eigenvalue weighted by Gasteiger charge is 2.41. The topological polar surface area (TPSA) is 29.5 Å². The summed E-state index contributed by atoms with van der Waals surface area (Å²) in [4.78, 5) is 15.2. The highest BCUT2D eigenvalue weighted by atomic mass is 16.5. The zero-order valence-electron chi connectivity index (χ0n) is 14.0. The van der Waals surface area contributed by atoms with Crippen LogP contribution in [-0.2, 0) is 0 Å². The SMILES string of the molecule is CC(C1CC1)N(C(=O)c1cccc(Oc2ccccc2)c1)C1CC1. The number of hydrogen-bond acceptors (Lipinski definition) is 2. The van der Waals surface area contributed by atoms with Gasteiger partial charge >= 0.3 is 0 Å². The number of ether oxygens (including phenoxy) is 1. The van der Waals surface area contributed by atoms with Crippen molar-refractivity contribution in [2.75, 3.05) is 0 Å². The van der Waals surface area contributed by atoms with Crippen LogP contribution in [0, 0.1) is 5.92 Å². The molecule has 1 atom stereocenters. The molecule has 0 N–H and O–H groups in total. The number of hydrogen-bond donors (Lipinski definition) is 0. The van der Waals surface area contributed by atoms with Gasteiger partial charge in [0.1, 0.15) is 11.5 Å². The van der Waals surface area contributed by atoms with E-state index in [1.807, 2.05) is 54.6 Å². The molecule has 0 bridgehead atoms. The third-order valence-corrected chi connectivity index (χ3v) is 4.98. The number of nitrogens with zero attached hydrogens (tertiary/aromatic N) is 1. The van der Waals surface area contributed by atoms with Gasteiger partial charge in [-0.1, -0.05) is 24.3 Å². The molecule has 0 spiro atoms. The highest BCUT2D eigenvalue weighted by Crippen LogP contribution is 2.40. The first-order valence-electron chi connectivity index (χ1n) is 8.88. The second-order valence-electron chi connectivity index (χ2n) is 6.96. The highest BCUT2D eigenvalue weighted by molar-refractivity contribution is 5.95. The van der Waals surface area contributed by atoms with Crippen molar-refractivity contribution < 1.29 is 9.53 Å². The Kier molecular flexibility index (Phi) is 4.01. The lowest BCUT2D eigenvalue weighted by molar-refractivity contribution is 0.0654. The third-order valence-electron chi connectivity index (χ3n) is 4.98. The van der Waals surface area contributed by atoms with E-state index in [-0.39, 0.29) is 5.91 Å². The van der Waals surface area contributed by atoms with Gasteiger partial charge in [-0.25, -0.2) is 0 Å². The first-order valence-corrected chi connectivity index (χ1v) is 8.88. The fraction of sp³-hybridized carbons (Fsp3) is 0.381. The van der Waals surface area contributed by atoms with Gasteiger partial charge in [-0.15, -0.1) is 0 Å². The summed E-state index contributed by atoms with van der Waals surface area (Å²) in [5.41, 5.74) is 0.725. The lowest BCUT2D eigenvalue weighted by Gasteiger charge is -2.29. The van der Waals surface area contributed by atoms with Crippen LogP contribution in [0.1, 0.15) is 43.0 Å². The Morgan fingerprint density at radius 1 is 1.00 bits per heavy atom. The molecule has 3 heteroatoms. The van der Waals surface area contributed by atoms with Crippen LogP contribution >= 0.6 is 0 Å². The van der Waals surface area contributed by atoms with Gasteiger partial charge in [0.05, 0.1) is 0 Å². The van der Waals surface area contributed by atoms with Crippen molar-refractivity contribution in [2.24, 2.45) is 5.92 Å². The van der Waals surface area contributed by atoms with Crippen molar-refractivity contribution in [1.29, 1.82) is 0 Å². The minimum absolute atomic E-state index is 0.149. The molecule has 3 nitrogen and oxygen atoms in total. The zero-order valence-corrected chi connectivity index (χ0v) is 14.0. The van der Waals surface area contributed by atoms with E-state index in [9.17, 15) is 4.79 Å². The Hall–Kier alpha value is -2.29. The summed E-state index contributed by atoms with van der Waals surface area (Å²) in [6.45, 7) is 2.21. The minimum atomic E-state index is 0.149. The van der Waals surface area contributed by atoms with Gasteiger partial charge in [0.15, 0.2) is 0 Å². The monoisotopic (exact) mass is 321 g/mol. The van der Waals surface area contributed by atoms with Crippen molar-refractivity contribution >= 4 is 5.91 Å². The van der Waals surface area contributed by atoms with Gasteiger partial charge in [-0.3, -0.25) is 4.79 Å². The number of para-hydroxylation sites is 1. The molecule has 0 saturated heterocycles. The van der Waals surface area contributed by atoms with Crippen molar-refractivity contribution in [3.8, 4) is 11.5 Å². The minimum Gasteiger partial charge on any atom is -0.457 e. The van der Waals surface area contributed by atoms with Crippen LogP contribution < -0.4 is 4.74 Å². The fourth-order valence-corrected chi connectivity index (χ4v) is 3.31. The number of carbonyl (C=O) groups excluding carboxylic acids is 1. The van der Waals surface area contributed by atoms with E-state index >= 15 is 0 Å². The average Bonchev–Trinajstić information content (AvgIpc) is 3.48. The molecule has 2 aromatic carbocycles. The molecular formula is C21H23NO2. The summed E-state index contributed by atoms with van der Waals surface area (Å²) >= 11 is 0. The summed E-state index contributed by atoms with van der Waals surface area (Å²) in [7, 11) is 0. The molecule has 0 radical (unpaired) electrons. The van der Waals surface area contributed by atoms with Gasteiger partial charge in [0.25, 0.3) is 5.91 Å². The Morgan fingerprint density at radius 3 is 2.38 bits per heavy atom. The van der Waals surface area contributed by atoms with E-state index in [4.69, 9.17) is 4.74 Å². The van der Waals surface area contributed by atoms with Gasteiger partial charge < -0.3 is 9.64 Å². The van der Waals surface area contributed by atoms with Crippen molar-refractivity contribution in [2.45, 2.75) is 44.7 Å². The summed E-state index contributed by atoms with van der Waals surface area (Å²) in [5, 5.41) is 0. The standard InChI is InChI=1S/C21H23NO2/c1-15(16-10-11-16)22(18-12-13-18)21(23)17-6-5-9-20(14-17)24-19-7-3-2-4-8-19/h2-9,14-16,18H,10-13H2,1H3.